The monoisotopic (exact) mass is 985 g/mol. The van der Waals surface area contributed by atoms with Gasteiger partial charge in [0.2, 0.25) is 0 Å². The fourth-order valence-corrected chi connectivity index (χ4v) is 67.6. The third kappa shape index (κ3) is 11.4. The Kier molecular flexibility index (Phi) is 22.3. The summed E-state index contributed by atoms with van der Waals surface area (Å²) in [5, 5.41) is 0. The normalized spacial score (nSPS) is 30.0. The van der Waals surface area contributed by atoms with E-state index in [1.54, 1.807) is 0 Å². The van der Waals surface area contributed by atoms with Crippen LogP contribution in [0.3, 0.4) is 0 Å². The second kappa shape index (κ2) is 22.5. The van der Waals surface area contributed by atoms with Gasteiger partial charge in [0.05, 0.1) is 0 Å². The third-order valence-corrected chi connectivity index (χ3v) is 59.7. The minimum absolute atomic E-state index is 0.329. The Hall–Kier alpha value is 1.42. The van der Waals surface area contributed by atoms with Crippen molar-refractivity contribution in [1.29, 1.82) is 0 Å². The van der Waals surface area contributed by atoms with Crippen molar-refractivity contribution in [3.63, 3.8) is 0 Å². The zero-order valence-corrected chi connectivity index (χ0v) is 53.0. The lowest BCUT2D eigenvalue weighted by atomic mass is 10.5. The maximum Gasteiger partial charge on any atom is 0.325 e. The van der Waals surface area contributed by atoms with Crippen LogP contribution in [0.5, 0.6) is 0 Å². The van der Waals surface area contributed by atoms with Gasteiger partial charge in [-0.3, -0.25) is 0 Å². The van der Waals surface area contributed by atoms with E-state index in [-0.39, 0.29) is 0 Å². The van der Waals surface area contributed by atoms with Gasteiger partial charge in [-0.15, -0.1) is 0 Å². The first-order valence-corrected chi connectivity index (χ1v) is 41.1. The summed E-state index contributed by atoms with van der Waals surface area (Å²) in [4.78, 5) is 0. The molecule has 2 heterocycles. The maximum absolute atomic E-state index is 7.65. The van der Waals surface area contributed by atoms with E-state index >= 15 is 0 Å². The van der Waals surface area contributed by atoms with Crippen LogP contribution in [0.2, 0.25) is 90.7 Å². The highest BCUT2D eigenvalue weighted by molar-refractivity contribution is 6.98. The molecule has 2 rings (SSSR count). The first-order chi connectivity index (χ1) is 27.2. The minimum atomic E-state index is -2.68. The van der Waals surface area contributed by atoms with E-state index in [1.165, 1.54) is 0 Å². The topological polar surface area (TPSA) is 73.8 Å². The number of rotatable bonds is 16. The van der Waals surface area contributed by atoms with Crippen molar-refractivity contribution in [1.82, 2.24) is 0 Å². The van der Waals surface area contributed by atoms with Crippen molar-refractivity contribution in [3.05, 3.63) is 0 Å². The molecule has 2 aliphatic heterocycles. The van der Waals surface area contributed by atoms with E-state index in [0.29, 0.717) is 66.5 Å². The molecule has 0 radical (unpaired) electrons. The van der Waals surface area contributed by atoms with Gasteiger partial charge in [-0.25, -0.2) is 0 Å². The summed E-state index contributed by atoms with van der Waals surface area (Å²) in [6.07, 6.45) is 0. The van der Waals surface area contributed by atoms with Crippen LogP contribution in [0.1, 0.15) is 194 Å². The van der Waals surface area contributed by atoms with E-state index in [4.69, 9.17) is 32.9 Å². The molecule has 2 aliphatic rings. The van der Waals surface area contributed by atoms with Crippen LogP contribution < -0.4 is 0 Å². The van der Waals surface area contributed by atoms with Crippen molar-refractivity contribution in [2.45, 2.75) is 285 Å². The van der Waals surface area contributed by atoms with Gasteiger partial charge in [-0.2, -0.15) is 0 Å². The predicted octanol–water partition coefficient (Wildman–Crippen LogP) is 16.7. The van der Waals surface area contributed by atoms with Crippen molar-refractivity contribution in [3.8, 4) is 0 Å². The van der Waals surface area contributed by atoms with Crippen LogP contribution in [-0.4, -0.2) is 68.5 Å². The van der Waals surface area contributed by atoms with Gasteiger partial charge in [0.1, 0.15) is 0 Å². The van der Waals surface area contributed by atoms with Crippen LogP contribution in [0.4, 0.5) is 0 Å². The average molecular weight is 986 g/mol. The lowest BCUT2D eigenvalue weighted by Gasteiger charge is -2.60. The SMILES string of the molecule is CC(C)[Si]1(C(C)C)O[Si](C(C)C)(C(C)C)O[Si](C(C)C)(C(C)C)O[Si](C(C)C)(C(C)C)O1.CC[Si]1(C(C)C)O[Si](CC)(C(C)C)O[Si](CC)(C(C)C)O[Si](CC)(C(C)C)O1. The number of hydrogen-bond donors (Lipinski definition) is 0. The molecule has 360 valence electrons. The fraction of sp³-hybridized carbons (Fsp3) is 1.00. The fourth-order valence-electron chi connectivity index (χ4n) is 10.0. The highest BCUT2D eigenvalue weighted by Crippen LogP contribution is 2.55. The van der Waals surface area contributed by atoms with Crippen LogP contribution in [0.15, 0.2) is 0 Å². The molecule has 0 aromatic heterocycles. The van der Waals surface area contributed by atoms with Crippen LogP contribution in [-0.2, 0) is 32.9 Å². The van der Waals surface area contributed by atoms with Gasteiger partial charge < -0.3 is 32.9 Å². The van der Waals surface area contributed by atoms with Crippen LogP contribution in [0.25, 0.3) is 0 Å². The Morgan fingerprint density at radius 2 is 0.317 bits per heavy atom. The van der Waals surface area contributed by atoms with Crippen molar-refractivity contribution < 1.29 is 32.9 Å². The van der Waals surface area contributed by atoms with E-state index in [2.05, 4.69) is 194 Å². The Balaban J connectivity index is 0.000000605. The molecule has 0 aromatic rings. The molecule has 0 atom stereocenters. The summed E-state index contributed by atoms with van der Waals surface area (Å²) in [6.45, 7) is 64.2. The Morgan fingerprint density at radius 1 is 0.200 bits per heavy atom. The molecule has 0 saturated carbocycles. The molecular weight excluding hydrogens is 881 g/mol. The second-order valence-electron chi connectivity index (χ2n) is 22.2. The second-order valence-corrected chi connectivity index (χ2v) is 57.7. The Bertz CT molecular complexity index is 1040. The smallest absolute Gasteiger partial charge is 0.325 e. The van der Waals surface area contributed by atoms with Gasteiger partial charge >= 0.3 is 68.5 Å². The van der Waals surface area contributed by atoms with Crippen LogP contribution in [0, 0.1) is 0 Å². The molecule has 60 heavy (non-hydrogen) atoms. The van der Waals surface area contributed by atoms with E-state index < -0.39 is 68.5 Å². The molecule has 2 saturated heterocycles. The highest BCUT2D eigenvalue weighted by atomic mass is 28.5. The lowest BCUT2D eigenvalue weighted by molar-refractivity contribution is 0.174. The summed E-state index contributed by atoms with van der Waals surface area (Å²) < 4.78 is 59.9. The van der Waals surface area contributed by atoms with Gasteiger partial charge in [0.25, 0.3) is 0 Å². The summed E-state index contributed by atoms with van der Waals surface area (Å²) in [5.41, 5.74) is 4.17. The molecule has 0 N–H and O–H groups in total. The van der Waals surface area contributed by atoms with Gasteiger partial charge in [0.15, 0.2) is 0 Å². The first kappa shape index (κ1) is 59.4. The van der Waals surface area contributed by atoms with E-state index in [9.17, 15) is 0 Å². The van der Waals surface area contributed by atoms with Crippen molar-refractivity contribution in [2.75, 3.05) is 0 Å². The third-order valence-electron chi connectivity index (χ3n) is 14.6. The maximum atomic E-state index is 7.65. The molecule has 0 aliphatic carbocycles. The Morgan fingerprint density at radius 3 is 0.383 bits per heavy atom. The summed E-state index contributed by atoms with van der Waals surface area (Å²) in [7, 11) is -20.6. The minimum Gasteiger partial charge on any atom is -0.415 e. The highest BCUT2D eigenvalue weighted by Gasteiger charge is 2.69. The molecule has 0 amide bonds. The van der Waals surface area contributed by atoms with Gasteiger partial charge in [-0.05, 0) is 90.7 Å². The van der Waals surface area contributed by atoms with Gasteiger partial charge in [0, 0.05) is 0 Å². The van der Waals surface area contributed by atoms with Gasteiger partial charge in [-0.1, -0.05) is 194 Å². The lowest BCUT2D eigenvalue weighted by Crippen LogP contribution is -2.75. The average Bonchev–Trinajstić information content (AvgIpc) is 3.11. The zero-order valence-electron chi connectivity index (χ0n) is 45.0. The predicted molar refractivity (Wildman–Crippen MR) is 278 cm³/mol. The van der Waals surface area contributed by atoms with E-state index in [0.717, 1.165) is 24.2 Å². The molecule has 2 fully saturated rings. The summed E-state index contributed by atoms with van der Waals surface area (Å²) in [5.74, 6) is 0. The molecule has 0 bridgehead atoms. The quantitative estimate of drug-likeness (QED) is 0.142. The van der Waals surface area contributed by atoms with Crippen LogP contribution >= 0.6 is 0 Å². The number of hydrogen-bond acceptors (Lipinski definition) is 8. The van der Waals surface area contributed by atoms with Crippen molar-refractivity contribution in [2.24, 2.45) is 0 Å². The molecule has 8 nitrogen and oxygen atoms in total. The summed E-state index contributed by atoms with van der Waals surface area (Å²) >= 11 is 0. The molecule has 0 spiro atoms. The van der Waals surface area contributed by atoms with E-state index in [1.807, 2.05) is 0 Å². The molecule has 0 unspecified atom stereocenters. The molecular formula is C44H104O8Si8. The molecule has 16 heteroatoms. The largest absolute Gasteiger partial charge is 0.415 e. The molecule has 0 aromatic carbocycles. The van der Waals surface area contributed by atoms with Crippen molar-refractivity contribution >= 4 is 68.5 Å². The summed E-state index contributed by atoms with van der Waals surface area (Å²) in [6, 6.07) is 3.84. The zero-order chi connectivity index (χ0) is 47.4. The first-order valence-electron chi connectivity index (χ1n) is 24.8. The standard InChI is InChI=1S/C24H56O4Si4.C20H48O4Si4/c1-17(2)29(18(3)4)25-30(19(5)6,20(7)8)27-32(23(13)14,24(15)16)28-31(26-29,21(9)10)22(11)12;1-13-25(17(5)6)21-26(14-2,18(7)8)23-28(16-4,20(11)12)24-27(15-3,22-25)19(9)10/h17-24H,1-16H3;17-20H,13-16H2,1-12H3. The Labute approximate surface area is 383 Å².